The van der Waals surface area contributed by atoms with Gasteiger partial charge in [0.1, 0.15) is 18.5 Å². The Morgan fingerprint density at radius 3 is 2.72 bits per heavy atom. The quantitative estimate of drug-likeness (QED) is 0.144. The largest absolute Gasteiger partial charge is 0.383 e. The minimum Gasteiger partial charge on any atom is -0.383 e. The van der Waals surface area contributed by atoms with Crippen LogP contribution in [0.15, 0.2) is 23.2 Å². The number of hydrazine groups is 1. The molecular formula is C19H27ClN6O3. The number of benzene rings is 1. The molecule has 2 rings (SSSR count). The average Bonchev–Trinajstić information content (AvgIpc) is 3.25. The number of halogens is 1. The lowest BCUT2D eigenvalue weighted by Gasteiger charge is -2.22. The Bertz CT molecular complexity index is 751. The number of aliphatic imine (C=N–C) groups is 1. The van der Waals surface area contributed by atoms with Gasteiger partial charge in [-0.05, 0) is 48.7 Å². The molecule has 2 atom stereocenters. The number of nitrogens with two attached hydrogens (primary N) is 1. The second-order valence-electron chi connectivity index (χ2n) is 6.91. The standard InChI is InChI=1S/C19H27ClN6O3/c20-14-5-6-15(24-11-25-22)13(9-14)10-23-18(28)16(7-8-21)26-19(29)17(27)12-3-1-2-4-12/h5-6,8-9,11-12,16-17,21,27H,1-4,7,10,22H2,(H,23,28)(H,24,25)(H,26,29). The molecule has 0 radical (unpaired) electrons. The van der Waals surface area contributed by atoms with Gasteiger partial charge in [0.2, 0.25) is 11.8 Å². The zero-order valence-corrected chi connectivity index (χ0v) is 16.8. The highest BCUT2D eigenvalue weighted by molar-refractivity contribution is 6.30. The molecule has 7 N–H and O–H groups in total. The summed E-state index contributed by atoms with van der Waals surface area (Å²) in [6.07, 6.45) is 4.80. The summed E-state index contributed by atoms with van der Waals surface area (Å²) in [6, 6.07) is 4.07. The summed E-state index contributed by atoms with van der Waals surface area (Å²) >= 11 is 6.02. The van der Waals surface area contributed by atoms with E-state index < -0.39 is 24.0 Å². The number of hydrogen-bond acceptors (Lipinski definition) is 6. The molecule has 0 saturated heterocycles. The van der Waals surface area contributed by atoms with Crippen molar-refractivity contribution in [3.05, 3.63) is 28.8 Å². The zero-order valence-electron chi connectivity index (χ0n) is 16.0. The third-order valence-electron chi connectivity index (χ3n) is 4.87. The van der Waals surface area contributed by atoms with Crippen LogP contribution in [0.4, 0.5) is 5.69 Å². The van der Waals surface area contributed by atoms with E-state index in [1.807, 2.05) is 0 Å². The molecule has 1 aliphatic carbocycles. The van der Waals surface area contributed by atoms with Crippen LogP contribution in [0.2, 0.25) is 5.02 Å². The van der Waals surface area contributed by atoms with Gasteiger partial charge in [-0.25, -0.2) is 10.8 Å². The van der Waals surface area contributed by atoms with E-state index in [-0.39, 0.29) is 18.9 Å². The van der Waals surface area contributed by atoms with Crippen LogP contribution >= 0.6 is 11.6 Å². The van der Waals surface area contributed by atoms with E-state index in [0.29, 0.717) is 16.3 Å². The zero-order chi connectivity index (χ0) is 21.2. The first-order valence-corrected chi connectivity index (χ1v) is 9.86. The summed E-state index contributed by atoms with van der Waals surface area (Å²) in [5.41, 5.74) is 3.53. The Morgan fingerprint density at radius 2 is 2.07 bits per heavy atom. The maximum Gasteiger partial charge on any atom is 0.249 e. The minimum absolute atomic E-state index is 0.0204. The Kier molecular flexibility index (Phi) is 9.04. The Labute approximate surface area is 174 Å². The van der Waals surface area contributed by atoms with Gasteiger partial charge in [-0.3, -0.25) is 9.59 Å². The van der Waals surface area contributed by atoms with E-state index in [4.69, 9.17) is 22.9 Å². The second-order valence-corrected chi connectivity index (χ2v) is 7.34. The first kappa shape index (κ1) is 22.8. The smallest absolute Gasteiger partial charge is 0.249 e. The van der Waals surface area contributed by atoms with Gasteiger partial charge in [-0.1, -0.05) is 24.4 Å². The maximum atomic E-state index is 12.6. The Morgan fingerprint density at radius 1 is 1.34 bits per heavy atom. The van der Waals surface area contributed by atoms with Gasteiger partial charge in [-0.2, -0.15) is 0 Å². The lowest BCUT2D eigenvalue weighted by Crippen LogP contribution is -2.50. The van der Waals surface area contributed by atoms with E-state index in [1.165, 1.54) is 6.34 Å². The van der Waals surface area contributed by atoms with Gasteiger partial charge < -0.3 is 26.6 Å². The number of aliphatic hydroxyl groups is 1. The number of carbonyl (C=O) groups excluding carboxylic acids is 2. The van der Waals surface area contributed by atoms with Crippen molar-refractivity contribution >= 4 is 41.7 Å². The fourth-order valence-electron chi connectivity index (χ4n) is 3.33. The molecule has 0 aromatic heterocycles. The summed E-state index contributed by atoms with van der Waals surface area (Å²) in [4.78, 5) is 29.1. The molecule has 0 bridgehead atoms. The molecule has 1 aliphatic rings. The van der Waals surface area contributed by atoms with Crippen molar-refractivity contribution in [1.29, 1.82) is 5.41 Å². The molecule has 9 nitrogen and oxygen atoms in total. The van der Waals surface area contributed by atoms with Crippen molar-refractivity contribution in [1.82, 2.24) is 16.1 Å². The summed E-state index contributed by atoms with van der Waals surface area (Å²) < 4.78 is 0. The maximum absolute atomic E-state index is 12.6. The molecule has 2 amide bonds. The number of nitrogens with zero attached hydrogens (tertiary/aromatic N) is 1. The highest BCUT2D eigenvalue weighted by Gasteiger charge is 2.31. The molecule has 158 valence electrons. The number of rotatable bonds is 10. The second kappa shape index (κ2) is 11.5. The molecule has 10 heteroatoms. The van der Waals surface area contributed by atoms with E-state index in [9.17, 15) is 14.7 Å². The van der Waals surface area contributed by atoms with Crippen molar-refractivity contribution in [2.24, 2.45) is 16.8 Å². The molecule has 0 heterocycles. The van der Waals surface area contributed by atoms with Crippen molar-refractivity contribution in [2.75, 3.05) is 0 Å². The summed E-state index contributed by atoms with van der Waals surface area (Å²) in [6.45, 7) is 0.117. The number of amides is 2. The number of hydrogen-bond donors (Lipinski definition) is 6. The summed E-state index contributed by atoms with van der Waals surface area (Å²) in [7, 11) is 0. The highest BCUT2D eigenvalue weighted by Crippen LogP contribution is 2.28. The van der Waals surface area contributed by atoms with Gasteiger partial charge >= 0.3 is 0 Å². The molecule has 29 heavy (non-hydrogen) atoms. The van der Waals surface area contributed by atoms with Crippen molar-refractivity contribution in [3.63, 3.8) is 0 Å². The molecule has 1 fully saturated rings. The highest BCUT2D eigenvalue weighted by atomic mass is 35.5. The third-order valence-corrected chi connectivity index (χ3v) is 5.11. The number of carbonyl (C=O) groups is 2. The predicted octanol–water partition coefficient (Wildman–Crippen LogP) is 1.15. The van der Waals surface area contributed by atoms with E-state index in [2.05, 4.69) is 21.1 Å². The Balaban J connectivity index is 2.00. The lowest BCUT2D eigenvalue weighted by atomic mass is 10.00. The fourth-order valence-corrected chi connectivity index (χ4v) is 3.52. The molecule has 1 aromatic rings. The topological polar surface area (TPSA) is 153 Å². The first-order chi connectivity index (χ1) is 14.0. The summed E-state index contributed by atoms with van der Waals surface area (Å²) in [5, 5.41) is 23.3. The van der Waals surface area contributed by atoms with E-state index in [1.54, 1.807) is 18.2 Å². The van der Waals surface area contributed by atoms with Crippen molar-refractivity contribution in [2.45, 2.75) is 50.8 Å². The monoisotopic (exact) mass is 422 g/mol. The molecule has 0 spiro atoms. The molecular weight excluding hydrogens is 396 g/mol. The van der Waals surface area contributed by atoms with Gasteiger partial charge in [0.25, 0.3) is 0 Å². The van der Waals surface area contributed by atoms with Crippen LogP contribution < -0.4 is 21.9 Å². The van der Waals surface area contributed by atoms with Crippen LogP contribution in [0.1, 0.15) is 37.7 Å². The number of aliphatic hydroxyl groups excluding tert-OH is 1. The minimum atomic E-state index is -1.14. The molecule has 1 saturated carbocycles. The van der Waals surface area contributed by atoms with Crippen LogP contribution in [0.3, 0.4) is 0 Å². The first-order valence-electron chi connectivity index (χ1n) is 9.48. The van der Waals surface area contributed by atoms with Gasteiger partial charge in [0.05, 0.1) is 5.69 Å². The van der Waals surface area contributed by atoms with Crippen LogP contribution in [0.25, 0.3) is 0 Å². The van der Waals surface area contributed by atoms with E-state index in [0.717, 1.165) is 31.9 Å². The van der Waals surface area contributed by atoms with Crippen LogP contribution in [0, 0.1) is 11.3 Å². The normalized spacial score (nSPS) is 16.4. The number of nitrogens with one attached hydrogen (secondary N) is 4. The average molecular weight is 423 g/mol. The molecule has 1 aromatic carbocycles. The van der Waals surface area contributed by atoms with Gasteiger partial charge in [0, 0.05) is 18.0 Å². The predicted molar refractivity (Wildman–Crippen MR) is 112 cm³/mol. The molecule has 2 unspecified atom stereocenters. The van der Waals surface area contributed by atoms with Gasteiger partial charge in [0.15, 0.2) is 0 Å². The Hall–Kier alpha value is -2.49. The van der Waals surface area contributed by atoms with Crippen molar-refractivity contribution in [3.8, 4) is 0 Å². The summed E-state index contributed by atoms with van der Waals surface area (Å²) in [5.74, 6) is 4.06. The van der Waals surface area contributed by atoms with Crippen LogP contribution in [-0.2, 0) is 16.1 Å². The van der Waals surface area contributed by atoms with Gasteiger partial charge in [-0.15, -0.1) is 0 Å². The van der Waals surface area contributed by atoms with Crippen LogP contribution in [-0.4, -0.2) is 41.6 Å². The lowest BCUT2D eigenvalue weighted by molar-refractivity contribution is -0.136. The third kappa shape index (κ3) is 6.81. The van der Waals surface area contributed by atoms with Crippen molar-refractivity contribution < 1.29 is 14.7 Å². The van der Waals surface area contributed by atoms with E-state index >= 15 is 0 Å². The fraction of sp³-hybridized carbons (Fsp3) is 0.474. The SMILES string of the molecule is N=CCC(NC(=O)C(O)C1CCCC1)C(=O)NCc1cc(Cl)ccc1N=CNN. The molecule has 0 aliphatic heterocycles. The van der Waals surface area contributed by atoms with Crippen LogP contribution in [0.5, 0.6) is 0 Å².